The maximum Gasteiger partial charge on any atom is 0.140 e. The Hall–Kier alpha value is -1.66. The van der Waals surface area contributed by atoms with Gasteiger partial charge in [0.1, 0.15) is 22.9 Å². The number of nitrogens with zero attached hydrogens (tertiary/aromatic N) is 4. The van der Waals surface area contributed by atoms with Crippen LogP contribution in [0.5, 0.6) is 0 Å². The number of hydrogen-bond donors (Lipinski definition) is 2. The Morgan fingerprint density at radius 3 is 2.00 bits per heavy atom. The molecule has 2 aromatic heterocycles. The van der Waals surface area contributed by atoms with E-state index in [-0.39, 0.29) is 0 Å². The van der Waals surface area contributed by atoms with E-state index in [9.17, 15) is 10.2 Å². The number of unbranched alkanes of at least 4 members (excludes halogenated alkanes) is 3. The highest BCUT2D eigenvalue weighted by molar-refractivity contribution is 5.08. The lowest BCUT2D eigenvalue weighted by Crippen LogP contribution is -2.34. The first-order chi connectivity index (χ1) is 11.8. The Morgan fingerprint density at radius 1 is 0.880 bits per heavy atom. The SMILES string of the molecule is CCCCCCC(O)(CCC(C)(O)c1nccn1C)c1nccn1C. The van der Waals surface area contributed by atoms with Crippen LogP contribution in [0.1, 0.15) is 70.4 Å². The first-order valence-electron chi connectivity index (χ1n) is 9.20. The van der Waals surface area contributed by atoms with E-state index in [1.54, 1.807) is 19.3 Å². The molecule has 0 fully saturated rings. The van der Waals surface area contributed by atoms with Crippen LogP contribution in [-0.4, -0.2) is 29.3 Å². The van der Waals surface area contributed by atoms with E-state index in [2.05, 4.69) is 16.9 Å². The highest BCUT2D eigenvalue weighted by Gasteiger charge is 2.37. The van der Waals surface area contributed by atoms with Crippen LogP contribution in [0, 0.1) is 0 Å². The van der Waals surface area contributed by atoms with E-state index < -0.39 is 11.2 Å². The largest absolute Gasteiger partial charge is 0.382 e. The van der Waals surface area contributed by atoms with Gasteiger partial charge < -0.3 is 19.3 Å². The van der Waals surface area contributed by atoms with Gasteiger partial charge in [-0.15, -0.1) is 0 Å². The maximum atomic E-state index is 11.4. The number of hydrogen-bond acceptors (Lipinski definition) is 4. The van der Waals surface area contributed by atoms with Gasteiger partial charge in [-0.05, 0) is 26.2 Å². The molecule has 0 saturated carbocycles. The molecule has 6 heteroatoms. The van der Waals surface area contributed by atoms with E-state index in [1.807, 2.05) is 35.6 Å². The molecule has 0 aliphatic carbocycles. The molecule has 0 saturated heterocycles. The van der Waals surface area contributed by atoms with Crippen LogP contribution >= 0.6 is 0 Å². The topological polar surface area (TPSA) is 76.1 Å². The number of aliphatic hydroxyl groups is 2. The molecular formula is C19H32N4O2. The molecule has 2 heterocycles. The zero-order valence-corrected chi connectivity index (χ0v) is 15.9. The second kappa shape index (κ2) is 8.15. The normalized spacial score (nSPS) is 16.6. The molecule has 2 atom stereocenters. The number of aromatic nitrogens is 4. The summed E-state index contributed by atoms with van der Waals surface area (Å²) >= 11 is 0. The molecule has 25 heavy (non-hydrogen) atoms. The average molecular weight is 348 g/mol. The smallest absolute Gasteiger partial charge is 0.140 e. The third kappa shape index (κ3) is 4.70. The minimum Gasteiger partial charge on any atom is -0.382 e. The Morgan fingerprint density at radius 2 is 1.48 bits per heavy atom. The van der Waals surface area contributed by atoms with Crippen molar-refractivity contribution in [2.75, 3.05) is 0 Å². The van der Waals surface area contributed by atoms with Gasteiger partial charge in [0.25, 0.3) is 0 Å². The molecular weight excluding hydrogens is 316 g/mol. The van der Waals surface area contributed by atoms with Crippen LogP contribution in [0.2, 0.25) is 0 Å². The van der Waals surface area contributed by atoms with Gasteiger partial charge in [0.15, 0.2) is 0 Å². The van der Waals surface area contributed by atoms with Gasteiger partial charge in [0, 0.05) is 38.9 Å². The number of imidazole rings is 2. The predicted octanol–water partition coefficient (Wildman–Crippen LogP) is 3.00. The lowest BCUT2D eigenvalue weighted by Gasteiger charge is -2.31. The molecule has 0 bridgehead atoms. The quantitative estimate of drug-likeness (QED) is 0.647. The molecule has 0 spiro atoms. The van der Waals surface area contributed by atoms with Gasteiger partial charge in [-0.1, -0.05) is 32.6 Å². The molecule has 2 rings (SSSR count). The van der Waals surface area contributed by atoms with Crippen molar-refractivity contribution in [1.29, 1.82) is 0 Å². The molecule has 0 amide bonds. The molecule has 6 nitrogen and oxygen atoms in total. The third-order valence-corrected chi connectivity index (χ3v) is 5.01. The fourth-order valence-electron chi connectivity index (χ4n) is 3.45. The van der Waals surface area contributed by atoms with E-state index in [0.29, 0.717) is 30.9 Å². The van der Waals surface area contributed by atoms with Crippen LogP contribution in [-0.2, 0) is 25.3 Å². The molecule has 0 aliphatic heterocycles. The zero-order chi connectivity index (χ0) is 18.5. The standard InChI is InChI=1S/C19H32N4O2/c1-5-6-7-8-9-19(25,17-21-13-15-23(17)4)11-10-18(2,24)16-20-12-14-22(16)3/h12-15,24-25H,5-11H2,1-4H3. The van der Waals surface area contributed by atoms with Crippen molar-refractivity contribution in [2.24, 2.45) is 14.1 Å². The summed E-state index contributed by atoms with van der Waals surface area (Å²) in [5.74, 6) is 1.28. The minimum absolute atomic E-state index is 0.412. The van der Waals surface area contributed by atoms with Crippen LogP contribution < -0.4 is 0 Å². The molecule has 0 aromatic carbocycles. The van der Waals surface area contributed by atoms with Crippen molar-refractivity contribution in [2.45, 2.75) is 70.0 Å². The lowest BCUT2D eigenvalue weighted by atomic mass is 9.85. The molecule has 0 aliphatic rings. The van der Waals surface area contributed by atoms with Crippen molar-refractivity contribution < 1.29 is 10.2 Å². The molecule has 2 N–H and O–H groups in total. The van der Waals surface area contributed by atoms with Crippen LogP contribution in [0.15, 0.2) is 24.8 Å². The first kappa shape index (κ1) is 19.7. The fraction of sp³-hybridized carbons (Fsp3) is 0.684. The fourth-order valence-corrected chi connectivity index (χ4v) is 3.45. The summed E-state index contributed by atoms with van der Waals surface area (Å²) in [4.78, 5) is 8.64. The summed E-state index contributed by atoms with van der Waals surface area (Å²) in [5.41, 5.74) is -2.14. The van der Waals surface area contributed by atoms with Gasteiger partial charge in [-0.25, -0.2) is 9.97 Å². The van der Waals surface area contributed by atoms with E-state index in [4.69, 9.17) is 0 Å². The predicted molar refractivity (Wildman–Crippen MR) is 97.9 cm³/mol. The summed E-state index contributed by atoms with van der Waals surface area (Å²) in [7, 11) is 3.77. The van der Waals surface area contributed by atoms with Crippen molar-refractivity contribution >= 4 is 0 Å². The van der Waals surface area contributed by atoms with Gasteiger partial charge in [-0.3, -0.25) is 0 Å². The Bertz CT molecular complexity index is 662. The summed E-state index contributed by atoms with van der Waals surface area (Å²) in [5, 5.41) is 22.2. The van der Waals surface area contributed by atoms with Gasteiger partial charge >= 0.3 is 0 Å². The number of aryl methyl sites for hydroxylation is 2. The second-order valence-corrected chi connectivity index (χ2v) is 7.34. The van der Waals surface area contributed by atoms with Crippen molar-refractivity contribution in [1.82, 2.24) is 19.1 Å². The van der Waals surface area contributed by atoms with Gasteiger partial charge in [0.05, 0.1) is 0 Å². The highest BCUT2D eigenvalue weighted by Crippen LogP contribution is 2.35. The van der Waals surface area contributed by atoms with Crippen LogP contribution in [0.4, 0.5) is 0 Å². The minimum atomic E-state index is -1.10. The van der Waals surface area contributed by atoms with Crippen LogP contribution in [0.25, 0.3) is 0 Å². The van der Waals surface area contributed by atoms with Gasteiger partial charge in [-0.2, -0.15) is 0 Å². The Kier molecular flexibility index (Phi) is 6.41. The van der Waals surface area contributed by atoms with E-state index in [0.717, 1.165) is 19.3 Å². The third-order valence-electron chi connectivity index (χ3n) is 5.01. The Labute approximate surface area is 150 Å². The van der Waals surface area contributed by atoms with Crippen LogP contribution in [0.3, 0.4) is 0 Å². The maximum absolute atomic E-state index is 11.4. The summed E-state index contributed by atoms with van der Waals surface area (Å²) < 4.78 is 3.69. The van der Waals surface area contributed by atoms with Crippen molar-refractivity contribution in [3.63, 3.8) is 0 Å². The molecule has 140 valence electrons. The number of rotatable bonds is 10. The highest BCUT2D eigenvalue weighted by atomic mass is 16.3. The average Bonchev–Trinajstić information content (AvgIpc) is 3.19. The second-order valence-electron chi connectivity index (χ2n) is 7.34. The molecule has 2 unspecified atom stereocenters. The summed E-state index contributed by atoms with van der Waals surface area (Å²) in [6.45, 7) is 3.93. The first-order valence-corrected chi connectivity index (χ1v) is 9.20. The van der Waals surface area contributed by atoms with E-state index in [1.165, 1.54) is 6.42 Å². The monoisotopic (exact) mass is 348 g/mol. The summed E-state index contributed by atoms with van der Waals surface area (Å²) in [6, 6.07) is 0. The van der Waals surface area contributed by atoms with Crippen molar-refractivity contribution in [3.05, 3.63) is 36.4 Å². The van der Waals surface area contributed by atoms with E-state index >= 15 is 0 Å². The van der Waals surface area contributed by atoms with Crippen molar-refractivity contribution in [3.8, 4) is 0 Å². The molecule has 2 aromatic rings. The lowest BCUT2D eigenvalue weighted by molar-refractivity contribution is -0.0355. The molecule has 0 radical (unpaired) electrons. The van der Waals surface area contributed by atoms with Gasteiger partial charge in [0.2, 0.25) is 0 Å². The Balaban J connectivity index is 2.13. The summed E-state index contributed by atoms with van der Waals surface area (Å²) in [6.07, 6.45) is 12.9. The zero-order valence-electron chi connectivity index (χ0n) is 15.9.